The molecule has 0 saturated carbocycles. The highest BCUT2D eigenvalue weighted by Crippen LogP contribution is 2.35. The fraction of sp³-hybridized carbons (Fsp3) is 1.00. The van der Waals surface area contributed by atoms with Gasteiger partial charge in [0, 0.05) is 0 Å². The van der Waals surface area contributed by atoms with E-state index in [0.29, 0.717) is 0 Å². The molecule has 0 heterocycles. The monoisotopic (exact) mass is 240 g/mol. The molecule has 0 aliphatic carbocycles. The van der Waals surface area contributed by atoms with Gasteiger partial charge in [0.1, 0.15) is 13.3 Å². The van der Waals surface area contributed by atoms with Crippen molar-refractivity contribution in [1.82, 2.24) is 0 Å². The molecule has 0 fully saturated rings. The molecule has 0 aliphatic rings. The lowest BCUT2D eigenvalue weighted by Gasteiger charge is -2.19. The summed E-state index contributed by atoms with van der Waals surface area (Å²) in [5.74, 6) is -4.87. The molecular weight excluding hydrogens is 230 g/mol. The minimum atomic E-state index is -5.62. The Morgan fingerprint density at radius 2 is 1.33 bits per heavy atom. The van der Waals surface area contributed by atoms with Gasteiger partial charge in [-0.2, -0.15) is 22.0 Å². The molecule has 0 rings (SSSR count). The molecule has 0 aromatic carbocycles. The first kappa shape index (κ1) is 14.5. The van der Waals surface area contributed by atoms with Gasteiger partial charge in [-0.05, 0) is 0 Å². The van der Waals surface area contributed by atoms with Crippen LogP contribution in [0.1, 0.15) is 0 Å². The van der Waals surface area contributed by atoms with Crippen LogP contribution >= 0.6 is 0 Å². The number of ether oxygens (including phenoxy) is 2. The quantitative estimate of drug-likeness (QED) is 0.501. The van der Waals surface area contributed by atoms with Gasteiger partial charge in [0.05, 0.1) is 19.8 Å². The fourth-order valence-corrected chi connectivity index (χ4v) is 0.557. The lowest BCUT2D eigenvalue weighted by Crippen LogP contribution is -2.41. The Bertz CT molecular complexity index is 169. The average Bonchev–Trinajstić information content (AvgIpc) is 2.09. The maximum absolute atomic E-state index is 12.2. The van der Waals surface area contributed by atoms with E-state index in [-0.39, 0.29) is 13.2 Å². The molecule has 0 atom stereocenters. The van der Waals surface area contributed by atoms with Crippen molar-refractivity contribution in [1.29, 1.82) is 0 Å². The average molecular weight is 240 g/mol. The SMILES string of the molecule is FCCOCCOCC(F)(F)C(F)(F)F. The summed E-state index contributed by atoms with van der Waals surface area (Å²) in [6.45, 7) is -3.41. The molecule has 0 aromatic rings. The minimum absolute atomic E-state index is 0.224. The highest BCUT2D eigenvalue weighted by atomic mass is 19.4. The van der Waals surface area contributed by atoms with E-state index in [1.807, 2.05) is 0 Å². The summed E-state index contributed by atoms with van der Waals surface area (Å²) in [5, 5.41) is 0. The van der Waals surface area contributed by atoms with Gasteiger partial charge in [-0.15, -0.1) is 0 Å². The molecule has 0 saturated heterocycles. The second-order valence-electron chi connectivity index (χ2n) is 2.56. The van der Waals surface area contributed by atoms with Crippen LogP contribution in [0.5, 0.6) is 0 Å². The standard InChI is InChI=1S/C7H10F6O2/c8-1-2-14-3-4-15-5-6(9,10)7(11,12)13/h1-5H2. The summed E-state index contributed by atoms with van der Waals surface area (Å²) in [5.41, 5.74) is 0. The molecule has 0 bridgehead atoms. The first-order valence-corrected chi connectivity index (χ1v) is 3.97. The summed E-state index contributed by atoms with van der Waals surface area (Å²) in [4.78, 5) is 0. The summed E-state index contributed by atoms with van der Waals surface area (Å²) < 4.78 is 78.9. The molecule has 8 heteroatoms. The van der Waals surface area contributed by atoms with Gasteiger partial charge in [0.15, 0.2) is 0 Å². The molecule has 0 aromatic heterocycles. The van der Waals surface area contributed by atoms with Crippen molar-refractivity contribution in [2.24, 2.45) is 0 Å². The van der Waals surface area contributed by atoms with Crippen molar-refractivity contribution in [3.8, 4) is 0 Å². The van der Waals surface area contributed by atoms with Crippen LogP contribution in [-0.2, 0) is 9.47 Å². The zero-order valence-electron chi connectivity index (χ0n) is 7.62. The highest BCUT2D eigenvalue weighted by molar-refractivity contribution is 4.74. The molecule has 0 N–H and O–H groups in total. The van der Waals surface area contributed by atoms with Crippen molar-refractivity contribution in [3.63, 3.8) is 0 Å². The van der Waals surface area contributed by atoms with Crippen LogP contribution in [0.25, 0.3) is 0 Å². The summed E-state index contributed by atoms with van der Waals surface area (Å²) >= 11 is 0. The number of halogens is 6. The lowest BCUT2D eigenvalue weighted by molar-refractivity contribution is -0.297. The van der Waals surface area contributed by atoms with Gasteiger partial charge in [0.2, 0.25) is 0 Å². The fourth-order valence-electron chi connectivity index (χ4n) is 0.557. The van der Waals surface area contributed by atoms with Crippen molar-refractivity contribution >= 4 is 0 Å². The Balaban J connectivity index is 3.58. The second kappa shape index (κ2) is 6.16. The third-order valence-corrected chi connectivity index (χ3v) is 1.29. The Morgan fingerprint density at radius 3 is 1.80 bits per heavy atom. The van der Waals surface area contributed by atoms with Crippen LogP contribution in [0, 0.1) is 0 Å². The van der Waals surface area contributed by atoms with Crippen LogP contribution in [-0.4, -0.2) is 45.2 Å². The van der Waals surface area contributed by atoms with Crippen LogP contribution in [0.15, 0.2) is 0 Å². The Labute approximate surface area is 82.1 Å². The van der Waals surface area contributed by atoms with E-state index < -0.39 is 32.0 Å². The predicted molar refractivity (Wildman–Crippen MR) is 38.6 cm³/mol. The van der Waals surface area contributed by atoms with Gasteiger partial charge in [-0.1, -0.05) is 0 Å². The van der Waals surface area contributed by atoms with Gasteiger partial charge in [0.25, 0.3) is 0 Å². The lowest BCUT2D eigenvalue weighted by atomic mass is 10.3. The van der Waals surface area contributed by atoms with Crippen molar-refractivity contribution in [2.45, 2.75) is 12.1 Å². The topological polar surface area (TPSA) is 18.5 Å². The first-order chi connectivity index (χ1) is 6.81. The zero-order chi connectivity index (χ0) is 11.9. The van der Waals surface area contributed by atoms with Crippen LogP contribution in [0.2, 0.25) is 0 Å². The van der Waals surface area contributed by atoms with E-state index in [1.165, 1.54) is 0 Å². The number of rotatable bonds is 7. The smallest absolute Gasteiger partial charge is 0.376 e. The summed E-state index contributed by atoms with van der Waals surface area (Å²) in [6.07, 6.45) is -5.62. The van der Waals surface area contributed by atoms with Gasteiger partial charge in [-0.25, -0.2) is 4.39 Å². The molecule has 92 valence electrons. The van der Waals surface area contributed by atoms with Crippen LogP contribution in [0.4, 0.5) is 26.3 Å². The molecule has 0 amide bonds. The van der Waals surface area contributed by atoms with E-state index in [2.05, 4.69) is 9.47 Å². The Kier molecular flexibility index (Phi) is 5.96. The molecule has 0 spiro atoms. The second-order valence-corrected chi connectivity index (χ2v) is 2.56. The normalized spacial score (nSPS) is 13.2. The Morgan fingerprint density at radius 1 is 0.800 bits per heavy atom. The number of hydrogen-bond donors (Lipinski definition) is 0. The van der Waals surface area contributed by atoms with E-state index in [4.69, 9.17) is 0 Å². The summed E-state index contributed by atoms with van der Waals surface area (Å²) in [7, 11) is 0. The molecular formula is C7H10F6O2. The van der Waals surface area contributed by atoms with Gasteiger partial charge >= 0.3 is 12.1 Å². The Hall–Kier alpha value is -0.500. The maximum Gasteiger partial charge on any atom is 0.455 e. The maximum atomic E-state index is 12.2. The third-order valence-electron chi connectivity index (χ3n) is 1.29. The van der Waals surface area contributed by atoms with Crippen molar-refractivity contribution in [3.05, 3.63) is 0 Å². The van der Waals surface area contributed by atoms with Crippen LogP contribution in [0.3, 0.4) is 0 Å². The summed E-state index contributed by atoms with van der Waals surface area (Å²) in [6, 6.07) is 0. The number of alkyl halides is 6. The molecule has 2 nitrogen and oxygen atoms in total. The van der Waals surface area contributed by atoms with Gasteiger partial charge < -0.3 is 9.47 Å². The zero-order valence-corrected chi connectivity index (χ0v) is 7.62. The highest BCUT2D eigenvalue weighted by Gasteiger charge is 2.57. The minimum Gasteiger partial charge on any atom is -0.376 e. The van der Waals surface area contributed by atoms with E-state index in [9.17, 15) is 26.3 Å². The van der Waals surface area contributed by atoms with Crippen molar-refractivity contribution in [2.75, 3.05) is 33.1 Å². The van der Waals surface area contributed by atoms with Crippen molar-refractivity contribution < 1.29 is 35.8 Å². The molecule has 0 aliphatic heterocycles. The molecule has 0 unspecified atom stereocenters. The predicted octanol–water partition coefficient (Wildman–Crippen LogP) is 2.19. The van der Waals surface area contributed by atoms with E-state index in [1.54, 1.807) is 0 Å². The van der Waals surface area contributed by atoms with Gasteiger partial charge in [-0.3, -0.25) is 0 Å². The molecule has 0 radical (unpaired) electrons. The third kappa shape index (κ3) is 5.83. The van der Waals surface area contributed by atoms with E-state index in [0.717, 1.165) is 0 Å². The van der Waals surface area contributed by atoms with E-state index >= 15 is 0 Å². The molecule has 15 heavy (non-hydrogen) atoms. The first-order valence-electron chi connectivity index (χ1n) is 3.97. The van der Waals surface area contributed by atoms with Crippen LogP contribution < -0.4 is 0 Å². The largest absolute Gasteiger partial charge is 0.455 e. The number of hydrogen-bond acceptors (Lipinski definition) is 2.